The molecular weight excluding hydrogens is 236 g/mol. The van der Waals surface area contributed by atoms with Crippen LogP contribution in [-0.2, 0) is 14.2 Å². The van der Waals surface area contributed by atoms with Crippen LogP contribution in [-0.4, -0.2) is 50.6 Å². The summed E-state index contributed by atoms with van der Waals surface area (Å²) in [6.07, 6.45) is 4.99. The summed E-state index contributed by atoms with van der Waals surface area (Å²) in [5.41, 5.74) is 0. The van der Waals surface area contributed by atoms with Gasteiger partial charge in [-0.1, -0.05) is 0 Å². The topological polar surface area (TPSA) is 27.7 Å². The van der Waals surface area contributed by atoms with Crippen LogP contribution >= 0.6 is 11.8 Å². The first-order valence-electron chi connectivity index (χ1n) is 6.80. The Morgan fingerprint density at radius 2 is 1.88 bits per heavy atom. The SMILES string of the molecule is C1COCC(COCCSC2CCCOC2)C1. The van der Waals surface area contributed by atoms with E-state index in [0.717, 1.165) is 45.4 Å². The molecule has 0 saturated carbocycles. The van der Waals surface area contributed by atoms with Crippen molar-refractivity contribution in [2.24, 2.45) is 5.92 Å². The second kappa shape index (κ2) is 8.35. The predicted molar refractivity (Wildman–Crippen MR) is 70.7 cm³/mol. The van der Waals surface area contributed by atoms with E-state index in [9.17, 15) is 0 Å². The van der Waals surface area contributed by atoms with Crippen molar-refractivity contribution < 1.29 is 14.2 Å². The molecule has 0 aliphatic carbocycles. The van der Waals surface area contributed by atoms with Gasteiger partial charge in [-0.05, 0) is 25.7 Å². The van der Waals surface area contributed by atoms with Crippen molar-refractivity contribution >= 4 is 11.8 Å². The average molecular weight is 260 g/mol. The molecule has 2 rings (SSSR count). The molecule has 2 heterocycles. The first-order chi connectivity index (χ1) is 8.45. The van der Waals surface area contributed by atoms with Crippen LogP contribution in [0, 0.1) is 5.92 Å². The third-order valence-electron chi connectivity index (χ3n) is 3.31. The van der Waals surface area contributed by atoms with E-state index >= 15 is 0 Å². The van der Waals surface area contributed by atoms with Gasteiger partial charge in [0.15, 0.2) is 0 Å². The van der Waals surface area contributed by atoms with E-state index in [4.69, 9.17) is 14.2 Å². The largest absolute Gasteiger partial charge is 0.381 e. The maximum absolute atomic E-state index is 5.72. The van der Waals surface area contributed by atoms with Crippen LogP contribution in [0.1, 0.15) is 25.7 Å². The smallest absolute Gasteiger partial charge is 0.0585 e. The molecule has 0 aromatic heterocycles. The standard InChI is InChI=1S/C13H24O3S/c1-3-12(9-14-5-1)10-16-7-8-17-13-4-2-6-15-11-13/h12-13H,1-11H2. The fraction of sp³-hybridized carbons (Fsp3) is 1.00. The Hall–Kier alpha value is 0.230. The van der Waals surface area contributed by atoms with Crippen LogP contribution in [0.25, 0.3) is 0 Å². The third-order valence-corrected chi connectivity index (χ3v) is 4.55. The van der Waals surface area contributed by atoms with Crippen LogP contribution in [0.3, 0.4) is 0 Å². The third kappa shape index (κ3) is 5.60. The minimum Gasteiger partial charge on any atom is -0.381 e. The molecule has 2 aliphatic rings. The molecule has 0 amide bonds. The molecule has 4 heteroatoms. The Bertz CT molecular complexity index is 169. The lowest BCUT2D eigenvalue weighted by Gasteiger charge is -2.23. The fourth-order valence-electron chi connectivity index (χ4n) is 2.31. The monoisotopic (exact) mass is 260 g/mol. The van der Waals surface area contributed by atoms with E-state index in [0.29, 0.717) is 11.2 Å². The molecule has 3 nitrogen and oxygen atoms in total. The van der Waals surface area contributed by atoms with Crippen LogP contribution in [0.4, 0.5) is 0 Å². The van der Waals surface area contributed by atoms with E-state index in [1.165, 1.54) is 25.7 Å². The van der Waals surface area contributed by atoms with E-state index in [1.54, 1.807) is 0 Å². The van der Waals surface area contributed by atoms with Crippen molar-refractivity contribution in [2.75, 3.05) is 45.4 Å². The average Bonchev–Trinajstić information content (AvgIpc) is 2.41. The summed E-state index contributed by atoms with van der Waals surface area (Å²) in [6, 6.07) is 0. The van der Waals surface area contributed by atoms with Gasteiger partial charge in [-0.25, -0.2) is 0 Å². The number of thioether (sulfide) groups is 1. The molecule has 2 saturated heterocycles. The molecule has 2 fully saturated rings. The molecule has 100 valence electrons. The molecule has 2 unspecified atom stereocenters. The van der Waals surface area contributed by atoms with Crippen molar-refractivity contribution in [3.63, 3.8) is 0 Å². The Balaban J connectivity index is 1.42. The summed E-state index contributed by atoms with van der Waals surface area (Å²) in [6.45, 7) is 5.47. The highest BCUT2D eigenvalue weighted by atomic mass is 32.2. The summed E-state index contributed by atoms with van der Waals surface area (Å²) in [5.74, 6) is 1.73. The van der Waals surface area contributed by atoms with Gasteiger partial charge in [-0.15, -0.1) is 0 Å². The highest BCUT2D eigenvalue weighted by molar-refractivity contribution is 7.99. The molecule has 17 heavy (non-hydrogen) atoms. The fourth-order valence-corrected chi connectivity index (χ4v) is 3.38. The molecule has 2 aliphatic heterocycles. The molecule has 0 radical (unpaired) electrons. The lowest BCUT2D eigenvalue weighted by atomic mass is 10.0. The van der Waals surface area contributed by atoms with Gasteiger partial charge in [0.25, 0.3) is 0 Å². The maximum Gasteiger partial charge on any atom is 0.0585 e. The molecular formula is C13H24O3S. The van der Waals surface area contributed by atoms with Gasteiger partial charge in [-0.3, -0.25) is 0 Å². The number of rotatable bonds is 6. The highest BCUT2D eigenvalue weighted by Crippen LogP contribution is 2.20. The molecule has 0 bridgehead atoms. The van der Waals surface area contributed by atoms with Gasteiger partial charge in [0.05, 0.1) is 26.4 Å². The molecule has 2 atom stereocenters. The van der Waals surface area contributed by atoms with Crippen molar-refractivity contribution in [3.05, 3.63) is 0 Å². The Morgan fingerprint density at radius 3 is 2.59 bits per heavy atom. The van der Waals surface area contributed by atoms with Gasteiger partial charge >= 0.3 is 0 Å². The second-order valence-electron chi connectivity index (χ2n) is 4.87. The zero-order chi connectivity index (χ0) is 11.8. The summed E-state index contributed by atoms with van der Waals surface area (Å²) in [5, 5.41) is 0.699. The molecule has 0 N–H and O–H groups in total. The van der Waals surface area contributed by atoms with Crippen molar-refractivity contribution in [1.29, 1.82) is 0 Å². The normalized spacial score (nSPS) is 30.4. The number of hydrogen-bond donors (Lipinski definition) is 0. The van der Waals surface area contributed by atoms with E-state index in [1.807, 2.05) is 11.8 Å². The van der Waals surface area contributed by atoms with Crippen LogP contribution in [0.15, 0.2) is 0 Å². The zero-order valence-electron chi connectivity index (χ0n) is 10.6. The summed E-state index contributed by atoms with van der Waals surface area (Å²) >= 11 is 2.00. The summed E-state index contributed by atoms with van der Waals surface area (Å²) in [7, 11) is 0. The predicted octanol–water partition coefficient (Wildman–Crippen LogP) is 2.34. The Kier molecular flexibility index (Phi) is 6.71. The summed E-state index contributed by atoms with van der Waals surface area (Å²) < 4.78 is 16.6. The van der Waals surface area contributed by atoms with Gasteiger partial charge < -0.3 is 14.2 Å². The highest BCUT2D eigenvalue weighted by Gasteiger charge is 2.15. The van der Waals surface area contributed by atoms with E-state index in [-0.39, 0.29) is 0 Å². The maximum atomic E-state index is 5.72. The lowest BCUT2D eigenvalue weighted by Crippen LogP contribution is -2.23. The van der Waals surface area contributed by atoms with Crippen LogP contribution in [0.5, 0.6) is 0 Å². The molecule has 0 spiro atoms. The number of hydrogen-bond acceptors (Lipinski definition) is 4. The Morgan fingerprint density at radius 1 is 1.06 bits per heavy atom. The number of ether oxygens (including phenoxy) is 3. The van der Waals surface area contributed by atoms with Gasteiger partial charge in [-0.2, -0.15) is 11.8 Å². The first-order valence-corrected chi connectivity index (χ1v) is 7.85. The molecule has 0 aromatic carbocycles. The van der Waals surface area contributed by atoms with Gasteiger partial charge in [0.1, 0.15) is 0 Å². The van der Waals surface area contributed by atoms with Crippen molar-refractivity contribution in [1.82, 2.24) is 0 Å². The van der Waals surface area contributed by atoms with Crippen LogP contribution in [0.2, 0.25) is 0 Å². The van der Waals surface area contributed by atoms with Crippen LogP contribution < -0.4 is 0 Å². The minimum atomic E-state index is 0.631. The van der Waals surface area contributed by atoms with E-state index in [2.05, 4.69) is 0 Å². The van der Waals surface area contributed by atoms with E-state index < -0.39 is 0 Å². The van der Waals surface area contributed by atoms with Gasteiger partial charge in [0.2, 0.25) is 0 Å². The lowest BCUT2D eigenvalue weighted by molar-refractivity contribution is 0.00922. The first kappa shape index (κ1) is 13.7. The molecule has 0 aromatic rings. The van der Waals surface area contributed by atoms with Crippen molar-refractivity contribution in [2.45, 2.75) is 30.9 Å². The zero-order valence-corrected chi connectivity index (χ0v) is 11.4. The summed E-state index contributed by atoms with van der Waals surface area (Å²) in [4.78, 5) is 0. The quantitative estimate of drug-likeness (QED) is 0.685. The second-order valence-corrected chi connectivity index (χ2v) is 6.28. The Labute approximate surface area is 109 Å². The van der Waals surface area contributed by atoms with Gasteiger partial charge in [0, 0.05) is 30.1 Å². The van der Waals surface area contributed by atoms with Crippen molar-refractivity contribution in [3.8, 4) is 0 Å². The minimum absolute atomic E-state index is 0.631.